The van der Waals surface area contributed by atoms with Gasteiger partial charge in [0.15, 0.2) is 9.68 Å². The maximum absolute atomic E-state index is 12.9. The Balaban J connectivity index is 2.02. The number of hydrogen-bond acceptors (Lipinski definition) is 5. The summed E-state index contributed by atoms with van der Waals surface area (Å²) in [5.74, 6) is 0.152. The molecule has 0 aliphatic carbocycles. The molecule has 0 atom stereocenters. The molecule has 156 valence electrons. The Bertz CT molecular complexity index is 606. The highest BCUT2D eigenvalue weighted by molar-refractivity contribution is 6.32. The van der Waals surface area contributed by atoms with Crippen molar-refractivity contribution in [3.8, 4) is 0 Å². The number of anilines is 1. The van der Waals surface area contributed by atoms with Gasteiger partial charge >= 0.3 is 0 Å². The van der Waals surface area contributed by atoms with Crippen LogP contribution in [-0.2, 0) is 9.53 Å². The van der Waals surface area contributed by atoms with Crippen LogP contribution >= 0.6 is 0 Å². The van der Waals surface area contributed by atoms with Crippen LogP contribution in [0.4, 0.5) is 5.69 Å². The molecule has 0 unspecified atom stereocenters. The summed E-state index contributed by atoms with van der Waals surface area (Å²) in [6.07, 6.45) is 2.28. The molecule has 7 nitrogen and oxygen atoms in total. The fraction of sp³-hybridized carbons (Fsp3) is 0.650. The second kappa shape index (κ2) is 11.9. The molecule has 8 heteroatoms. The van der Waals surface area contributed by atoms with Gasteiger partial charge in [0.05, 0.1) is 12.1 Å². The number of benzene rings is 1. The van der Waals surface area contributed by atoms with E-state index in [2.05, 4.69) is 27.3 Å². The van der Waals surface area contributed by atoms with Crippen molar-refractivity contribution in [2.24, 2.45) is 10.0 Å². The maximum atomic E-state index is 12.9. The minimum atomic E-state index is -0.364. The lowest BCUT2D eigenvalue weighted by molar-refractivity contribution is -0.120. The maximum Gasteiger partial charge on any atom is 0.227 e. The zero-order valence-electron chi connectivity index (χ0n) is 17.6. The van der Waals surface area contributed by atoms with Crippen molar-refractivity contribution in [1.82, 2.24) is 10.3 Å². The molecule has 0 radical (unpaired) electrons. The largest absolute Gasteiger partial charge is 0.382 e. The van der Waals surface area contributed by atoms with E-state index < -0.39 is 0 Å². The Hall–Kier alpha value is -1.77. The molecular formula is C20H35N5O2Si. The van der Waals surface area contributed by atoms with Crippen LogP contribution in [0.5, 0.6) is 0 Å². The molecule has 0 spiro atoms. The number of carbonyl (C=O) groups is 1. The van der Waals surface area contributed by atoms with Crippen LogP contribution in [-0.4, -0.2) is 65.9 Å². The monoisotopic (exact) mass is 405 g/mol. The topological polar surface area (TPSA) is 69.5 Å². The van der Waals surface area contributed by atoms with Gasteiger partial charge in [0.2, 0.25) is 5.91 Å². The molecule has 1 saturated heterocycles. The van der Waals surface area contributed by atoms with Gasteiger partial charge in [-0.25, -0.2) is 4.78 Å². The first-order valence-electron chi connectivity index (χ1n) is 10.4. The Morgan fingerprint density at radius 1 is 1.29 bits per heavy atom. The molecule has 0 saturated carbocycles. The number of likely N-dealkylation sites (tertiary alicyclic amines) is 1. The first-order chi connectivity index (χ1) is 13.7. The summed E-state index contributed by atoms with van der Waals surface area (Å²) in [7, 11) is 1.36. The fourth-order valence-electron chi connectivity index (χ4n) is 3.77. The molecule has 0 bridgehead atoms. The summed E-state index contributed by atoms with van der Waals surface area (Å²) in [5.41, 5.74) is 3.72. The normalized spacial score (nSPS) is 17.4. The number of nitrogens with one attached hydrogen (secondary N) is 1. The number of carbonyl (C=O) groups excluding carboxylic acids is 1. The summed E-state index contributed by atoms with van der Waals surface area (Å²) in [6, 6.07) is 11.1. The summed E-state index contributed by atoms with van der Waals surface area (Å²) in [6.45, 7) is 8.23. The van der Waals surface area contributed by atoms with Crippen LogP contribution in [0.3, 0.4) is 0 Å². The number of piperidine rings is 1. The van der Waals surface area contributed by atoms with Gasteiger partial charge < -0.3 is 14.5 Å². The van der Waals surface area contributed by atoms with Gasteiger partial charge in [-0.15, -0.1) is 0 Å². The van der Waals surface area contributed by atoms with E-state index in [1.807, 2.05) is 42.2 Å². The van der Waals surface area contributed by atoms with Crippen molar-refractivity contribution < 1.29 is 9.53 Å². The Morgan fingerprint density at radius 3 is 2.61 bits per heavy atom. The van der Waals surface area contributed by atoms with E-state index >= 15 is 0 Å². The molecule has 1 N–H and O–H groups in total. The summed E-state index contributed by atoms with van der Waals surface area (Å²) >= 11 is 0. The number of amides is 1. The van der Waals surface area contributed by atoms with Crippen molar-refractivity contribution >= 4 is 21.3 Å². The highest BCUT2D eigenvalue weighted by Crippen LogP contribution is 2.34. The Kier molecular flexibility index (Phi) is 9.59. The predicted molar refractivity (Wildman–Crippen MR) is 116 cm³/mol. The Labute approximate surface area is 171 Å². The highest BCUT2D eigenvalue weighted by Gasteiger charge is 2.42. The van der Waals surface area contributed by atoms with E-state index in [1.165, 1.54) is 0 Å². The predicted octanol–water partition coefficient (Wildman–Crippen LogP) is 2.39. The van der Waals surface area contributed by atoms with Crippen molar-refractivity contribution in [2.45, 2.75) is 44.7 Å². The first-order valence-corrected chi connectivity index (χ1v) is 12.0. The van der Waals surface area contributed by atoms with Gasteiger partial charge in [0.25, 0.3) is 0 Å². The van der Waals surface area contributed by atoms with Gasteiger partial charge in [-0.3, -0.25) is 10.2 Å². The molecule has 1 aliphatic heterocycles. The smallest absolute Gasteiger partial charge is 0.227 e. The average molecular weight is 406 g/mol. The first kappa shape index (κ1) is 22.5. The van der Waals surface area contributed by atoms with E-state index in [0.29, 0.717) is 13.0 Å². The molecule has 1 fully saturated rings. The summed E-state index contributed by atoms with van der Waals surface area (Å²) in [4.78, 5) is 17.3. The lowest BCUT2D eigenvalue weighted by Crippen LogP contribution is -2.60. The molecule has 1 amide bonds. The lowest BCUT2D eigenvalue weighted by Gasteiger charge is -2.48. The fourth-order valence-corrected chi connectivity index (χ4v) is 4.17. The zero-order chi connectivity index (χ0) is 20.2. The van der Waals surface area contributed by atoms with E-state index in [-0.39, 0.29) is 21.1 Å². The molecule has 28 heavy (non-hydrogen) atoms. The van der Waals surface area contributed by atoms with Gasteiger partial charge in [0, 0.05) is 45.4 Å². The number of ether oxygens (including phenoxy) is 1. The number of rotatable bonds is 11. The van der Waals surface area contributed by atoms with E-state index in [0.717, 1.165) is 50.8 Å². The lowest BCUT2D eigenvalue weighted by atomic mass is 9.85. The molecule has 2 rings (SSSR count). The number of methoxy groups -OCH3 is 1. The highest BCUT2D eigenvalue weighted by atomic mass is 28.2. The second-order valence-electron chi connectivity index (χ2n) is 7.29. The third-order valence-corrected chi connectivity index (χ3v) is 6.03. The van der Waals surface area contributed by atoms with Gasteiger partial charge in [-0.05, 0) is 31.0 Å². The molecule has 1 aromatic carbocycles. The third kappa shape index (κ3) is 6.12. The Morgan fingerprint density at radius 2 is 2.00 bits per heavy atom. The van der Waals surface area contributed by atoms with Crippen LogP contribution < -0.4 is 10.3 Å². The third-order valence-electron chi connectivity index (χ3n) is 5.25. The number of hydrogen-bond donors (Lipinski definition) is 1. The SMILES string of the molecule is CC[SiH2]/N=N\NCCN1CCC(COC)(N(C(=O)CC)c2ccccc2)CC1. The van der Waals surface area contributed by atoms with Crippen LogP contribution in [0.25, 0.3) is 0 Å². The second-order valence-corrected chi connectivity index (χ2v) is 9.02. The van der Waals surface area contributed by atoms with Gasteiger partial charge in [-0.2, -0.15) is 0 Å². The molecule has 1 heterocycles. The molecule has 1 aromatic rings. The summed E-state index contributed by atoms with van der Waals surface area (Å²) in [5, 5.41) is 4.04. The van der Waals surface area contributed by atoms with Gasteiger partial charge in [-0.1, -0.05) is 37.3 Å². The van der Waals surface area contributed by atoms with Crippen molar-refractivity contribution in [1.29, 1.82) is 0 Å². The van der Waals surface area contributed by atoms with E-state index in [4.69, 9.17) is 4.74 Å². The van der Waals surface area contributed by atoms with Gasteiger partial charge in [0.1, 0.15) is 0 Å². The summed E-state index contributed by atoms with van der Waals surface area (Å²) < 4.78 is 9.78. The van der Waals surface area contributed by atoms with Crippen LogP contribution in [0, 0.1) is 0 Å². The van der Waals surface area contributed by atoms with Crippen molar-refractivity contribution in [3.05, 3.63) is 30.3 Å². The van der Waals surface area contributed by atoms with E-state index in [1.54, 1.807) is 7.11 Å². The van der Waals surface area contributed by atoms with Crippen molar-refractivity contribution in [3.63, 3.8) is 0 Å². The molecule has 1 aliphatic rings. The average Bonchev–Trinajstić information content (AvgIpc) is 2.73. The minimum absolute atomic E-state index is 0.152. The van der Waals surface area contributed by atoms with E-state index in [9.17, 15) is 4.79 Å². The standard InChI is InChI=1S/C20H35N5O2Si/c1-4-19(26)25(18-9-7-6-8-10-18)20(17-27-3)11-14-24(15-12-20)16-13-21-22-23-28-5-2/h6-10H,4-5,11-17,28H2,1-3H3,(H,21,23). The number of para-hydroxylation sites is 1. The quantitative estimate of drug-likeness (QED) is 0.266. The molecule has 0 aromatic heterocycles. The number of nitrogens with zero attached hydrogens (tertiary/aromatic N) is 4. The zero-order valence-corrected chi connectivity index (χ0v) is 19.0. The van der Waals surface area contributed by atoms with Crippen LogP contribution in [0.1, 0.15) is 33.1 Å². The van der Waals surface area contributed by atoms with Crippen molar-refractivity contribution in [2.75, 3.05) is 44.8 Å². The molecular weight excluding hydrogens is 370 g/mol. The van der Waals surface area contributed by atoms with Crippen LogP contribution in [0.2, 0.25) is 6.04 Å². The minimum Gasteiger partial charge on any atom is -0.382 e. The van der Waals surface area contributed by atoms with Crippen LogP contribution in [0.15, 0.2) is 40.3 Å².